The number of hydrogen-bond donors (Lipinski definition) is 1. The van der Waals surface area contributed by atoms with Gasteiger partial charge in [-0.25, -0.2) is 0 Å². The van der Waals surface area contributed by atoms with Crippen molar-refractivity contribution in [3.8, 4) is 0 Å². The fourth-order valence-corrected chi connectivity index (χ4v) is 8.83. The van der Waals surface area contributed by atoms with Gasteiger partial charge < -0.3 is 19.6 Å². The summed E-state index contributed by atoms with van der Waals surface area (Å²) in [6, 6.07) is 5.26. The predicted octanol–water partition coefficient (Wildman–Crippen LogP) is 4.20. The lowest BCUT2D eigenvalue weighted by molar-refractivity contribution is -0.154. The van der Waals surface area contributed by atoms with Crippen molar-refractivity contribution in [2.75, 3.05) is 31.2 Å². The second kappa shape index (κ2) is 12.1. The molecule has 4 rings (SSSR count). The molecule has 1 spiro atoms. The van der Waals surface area contributed by atoms with Gasteiger partial charge in [-0.05, 0) is 63.5 Å². The molecule has 7 nitrogen and oxygen atoms in total. The van der Waals surface area contributed by atoms with E-state index in [0.717, 1.165) is 29.7 Å². The van der Waals surface area contributed by atoms with E-state index in [1.807, 2.05) is 32.0 Å². The first-order valence-electron chi connectivity index (χ1n) is 13.7. The van der Waals surface area contributed by atoms with E-state index in [0.29, 0.717) is 45.4 Å². The minimum Gasteiger partial charge on any atom is -0.465 e. The van der Waals surface area contributed by atoms with E-state index in [1.54, 1.807) is 33.7 Å². The Balaban J connectivity index is 1.71. The van der Waals surface area contributed by atoms with Gasteiger partial charge in [0.15, 0.2) is 0 Å². The Kier molecular flexibility index (Phi) is 9.04. The summed E-state index contributed by atoms with van der Waals surface area (Å²) in [5.74, 6) is -1.71. The molecule has 0 aromatic heterocycles. The number of allylic oxidation sites excluding steroid dienone is 1. The summed E-state index contributed by atoms with van der Waals surface area (Å²) in [5.41, 5.74) is 2.81. The van der Waals surface area contributed by atoms with Crippen LogP contribution in [0, 0.1) is 25.7 Å². The Labute approximate surface area is 230 Å². The molecule has 8 heteroatoms. The van der Waals surface area contributed by atoms with Crippen LogP contribution in [-0.4, -0.2) is 70.1 Å². The van der Waals surface area contributed by atoms with Crippen molar-refractivity contribution >= 4 is 35.2 Å². The maximum atomic E-state index is 14.6. The molecule has 3 fully saturated rings. The second-order valence-electron chi connectivity index (χ2n) is 10.6. The van der Waals surface area contributed by atoms with Crippen LogP contribution in [0.15, 0.2) is 43.5 Å². The molecular weight excluding hydrogens is 500 g/mol. The van der Waals surface area contributed by atoms with Gasteiger partial charge in [0, 0.05) is 30.6 Å². The molecule has 1 N–H and O–H groups in total. The van der Waals surface area contributed by atoms with E-state index in [1.165, 1.54) is 0 Å². The van der Waals surface area contributed by atoms with Crippen LogP contribution < -0.4 is 4.90 Å². The van der Waals surface area contributed by atoms with Gasteiger partial charge in [0.2, 0.25) is 5.91 Å². The van der Waals surface area contributed by atoms with Gasteiger partial charge >= 0.3 is 5.97 Å². The van der Waals surface area contributed by atoms with Gasteiger partial charge in [-0.2, -0.15) is 0 Å². The summed E-state index contributed by atoms with van der Waals surface area (Å²) in [5, 5.41) is 9.36. The molecule has 2 amide bonds. The predicted molar refractivity (Wildman–Crippen MR) is 151 cm³/mol. The molecular formula is C30H40N2O5S. The first-order valence-corrected chi connectivity index (χ1v) is 14.6. The summed E-state index contributed by atoms with van der Waals surface area (Å²) < 4.78 is 4.97. The summed E-state index contributed by atoms with van der Waals surface area (Å²) in [7, 11) is 0. The van der Waals surface area contributed by atoms with E-state index in [2.05, 4.69) is 13.2 Å². The molecule has 1 aromatic rings. The highest BCUT2D eigenvalue weighted by Crippen LogP contribution is 2.66. The fourth-order valence-electron chi connectivity index (χ4n) is 6.63. The number of aliphatic hydroxyl groups excluding tert-OH is 1. The average Bonchev–Trinajstić information content (AvgIpc) is 3.53. The van der Waals surface area contributed by atoms with Crippen LogP contribution in [-0.2, 0) is 19.1 Å². The van der Waals surface area contributed by atoms with Crippen LogP contribution in [0.2, 0.25) is 0 Å². The molecule has 0 radical (unpaired) electrons. The van der Waals surface area contributed by atoms with Crippen LogP contribution in [0.3, 0.4) is 0 Å². The third kappa shape index (κ3) is 4.93. The quantitative estimate of drug-likeness (QED) is 0.229. The third-order valence-corrected chi connectivity index (χ3v) is 10.1. The smallest absolute Gasteiger partial charge is 0.310 e. The van der Waals surface area contributed by atoms with Gasteiger partial charge in [0.1, 0.15) is 6.04 Å². The number of fused-ring (bicyclic) bond motifs is 1. The van der Waals surface area contributed by atoms with E-state index >= 15 is 0 Å². The number of anilines is 1. The molecule has 3 aliphatic rings. The van der Waals surface area contributed by atoms with Crippen LogP contribution in [0.1, 0.15) is 49.7 Å². The molecule has 38 heavy (non-hydrogen) atoms. The number of rotatable bonds is 13. The van der Waals surface area contributed by atoms with Gasteiger partial charge in [0.05, 0.1) is 23.2 Å². The van der Waals surface area contributed by atoms with Gasteiger partial charge in [-0.1, -0.05) is 30.4 Å². The number of para-hydroxylation sites is 1. The summed E-state index contributed by atoms with van der Waals surface area (Å²) in [6.07, 6.45) is 7.58. The van der Waals surface area contributed by atoms with Crippen molar-refractivity contribution in [2.45, 2.75) is 68.4 Å². The van der Waals surface area contributed by atoms with Crippen LogP contribution in [0.25, 0.3) is 0 Å². The molecule has 5 atom stereocenters. The van der Waals surface area contributed by atoms with Gasteiger partial charge in [0.25, 0.3) is 5.91 Å². The molecule has 2 unspecified atom stereocenters. The minimum atomic E-state index is -0.689. The van der Waals surface area contributed by atoms with Crippen molar-refractivity contribution in [3.63, 3.8) is 0 Å². The number of aryl methyl sites for hydroxylation is 2. The first-order chi connectivity index (χ1) is 18.3. The Morgan fingerprint density at radius 3 is 2.61 bits per heavy atom. The Morgan fingerprint density at radius 1 is 1.21 bits per heavy atom. The van der Waals surface area contributed by atoms with E-state index in [-0.39, 0.29) is 29.6 Å². The summed E-state index contributed by atoms with van der Waals surface area (Å²) >= 11 is 1.65. The number of likely N-dealkylation sites (tertiary alicyclic amines) is 1. The number of carbonyl (C=O) groups is 3. The fraction of sp³-hybridized carbons (Fsp3) is 0.567. The number of aliphatic hydroxyl groups is 1. The van der Waals surface area contributed by atoms with Crippen LogP contribution in [0.5, 0.6) is 0 Å². The molecule has 1 aromatic carbocycles. The van der Waals surface area contributed by atoms with Crippen LogP contribution in [0.4, 0.5) is 5.69 Å². The number of esters is 1. The topological polar surface area (TPSA) is 87.1 Å². The van der Waals surface area contributed by atoms with Crippen molar-refractivity contribution in [1.29, 1.82) is 0 Å². The van der Waals surface area contributed by atoms with Crippen molar-refractivity contribution in [2.24, 2.45) is 11.8 Å². The highest BCUT2D eigenvalue weighted by atomic mass is 32.2. The van der Waals surface area contributed by atoms with E-state index in [4.69, 9.17) is 4.74 Å². The monoisotopic (exact) mass is 540 g/mol. The number of benzene rings is 1. The van der Waals surface area contributed by atoms with E-state index in [9.17, 15) is 19.5 Å². The zero-order valence-corrected chi connectivity index (χ0v) is 23.4. The number of hydrogen-bond acceptors (Lipinski definition) is 6. The average molecular weight is 541 g/mol. The third-order valence-electron chi connectivity index (χ3n) is 8.20. The minimum absolute atomic E-state index is 0.0245. The zero-order valence-electron chi connectivity index (χ0n) is 22.6. The molecule has 206 valence electrons. The Bertz CT molecular complexity index is 1070. The van der Waals surface area contributed by atoms with Crippen molar-refractivity contribution in [1.82, 2.24) is 4.90 Å². The maximum absolute atomic E-state index is 14.6. The van der Waals surface area contributed by atoms with Crippen LogP contribution >= 0.6 is 11.8 Å². The number of carbonyl (C=O) groups excluding carboxylic acids is 3. The number of nitrogens with zero attached hydrogens (tertiary/aromatic N) is 2. The second-order valence-corrected chi connectivity index (χ2v) is 12.2. The number of thioether (sulfide) groups is 1. The van der Waals surface area contributed by atoms with Gasteiger partial charge in [-0.15, -0.1) is 24.9 Å². The summed E-state index contributed by atoms with van der Waals surface area (Å²) in [6.45, 7) is 12.6. The Morgan fingerprint density at radius 2 is 1.95 bits per heavy atom. The van der Waals surface area contributed by atoms with E-state index < -0.39 is 22.6 Å². The highest BCUT2D eigenvalue weighted by molar-refractivity contribution is 8.02. The van der Waals surface area contributed by atoms with Crippen molar-refractivity contribution in [3.05, 3.63) is 54.6 Å². The largest absolute Gasteiger partial charge is 0.465 e. The molecule has 3 aliphatic heterocycles. The number of unbranched alkanes of at least 4 members (excludes halogenated alkanes) is 2. The lowest BCUT2D eigenvalue weighted by atomic mass is 9.71. The van der Waals surface area contributed by atoms with Crippen molar-refractivity contribution < 1.29 is 24.2 Å². The first kappa shape index (κ1) is 28.4. The SMILES string of the molecule is C=CCCCOC(=O)[C@@H]1[C@H]2C(=O)N(CCCCO)C(C(=O)N(CC=C)c3c(C)cccc3C)C23CC[C@H]1S3. The lowest BCUT2D eigenvalue weighted by Gasteiger charge is -2.38. The highest BCUT2D eigenvalue weighted by Gasteiger charge is 2.74. The molecule has 0 aliphatic carbocycles. The normalized spacial score (nSPS) is 27.3. The zero-order chi connectivity index (χ0) is 27.4. The number of ether oxygens (including phenoxy) is 1. The Hall–Kier alpha value is -2.58. The molecule has 2 bridgehead atoms. The maximum Gasteiger partial charge on any atom is 0.310 e. The van der Waals surface area contributed by atoms with Gasteiger partial charge in [-0.3, -0.25) is 14.4 Å². The summed E-state index contributed by atoms with van der Waals surface area (Å²) in [4.78, 5) is 45.4. The standard InChI is InChI=1S/C30H40N2O5S/c1-5-7-10-19-37-29(36)23-22-14-15-30(38-22)24(23)27(34)32(17-8-9-18-33)26(30)28(35)31(16-6-2)25-20(3)12-11-13-21(25)4/h5-6,11-13,22-24,26,33H,1-2,7-10,14-19H2,3-4H3/t22-,23+,24+,26?,30?/m1/s1. The molecule has 0 saturated carbocycles. The molecule has 3 heterocycles. The lowest BCUT2D eigenvalue weighted by Crippen LogP contribution is -2.55. The number of amides is 2. The molecule has 3 saturated heterocycles.